The summed E-state index contributed by atoms with van der Waals surface area (Å²) in [4.78, 5) is 32.9. The van der Waals surface area contributed by atoms with Gasteiger partial charge < -0.3 is 0 Å². The topological polar surface area (TPSA) is 101 Å². The molecule has 0 atom stereocenters. The van der Waals surface area contributed by atoms with Gasteiger partial charge in [-0.15, -0.1) is 0 Å². The SMILES string of the molecule is CC(=NOC(=O)Nc1cccc(Cl)c1)C(C)=NOC(=O)Nc1cccc(Cl)c1. The van der Waals surface area contributed by atoms with E-state index in [1.54, 1.807) is 48.5 Å². The smallest absolute Gasteiger partial charge is 0.297 e. The highest BCUT2D eigenvalue weighted by molar-refractivity contribution is 6.40. The lowest BCUT2D eigenvalue weighted by Crippen LogP contribution is -2.16. The number of benzene rings is 2. The Bertz CT molecular complexity index is 856. The van der Waals surface area contributed by atoms with Gasteiger partial charge in [-0.3, -0.25) is 20.3 Å². The van der Waals surface area contributed by atoms with Crippen molar-refractivity contribution in [2.24, 2.45) is 10.3 Å². The Morgan fingerprint density at radius 2 is 1.18 bits per heavy atom. The molecule has 0 unspecified atom stereocenters. The minimum Gasteiger partial charge on any atom is -0.297 e. The van der Waals surface area contributed by atoms with Crippen molar-refractivity contribution >= 4 is 58.2 Å². The lowest BCUT2D eigenvalue weighted by atomic mass is 10.3. The first kappa shape index (κ1) is 21.2. The number of anilines is 2. The second-order valence-corrected chi connectivity index (χ2v) is 6.25. The molecule has 0 aliphatic heterocycles. The highest BCUT2D eigenvalue weighted by atomic mass is 35.5. The second kappa shape index (κ2) is 10.3. The lowest BCUT2D eigenvalue weighted by Gasteiger charge is -2.05. The molecule has 2 rings (SSSR count). The number of rotatable bonds is 5. The number of halogens is 2. The summed E-state index contributed by atoms with van der Waals surface area (Å²) in [6.07, 6.45) is -1.62. The Balaban J connectivity index is 1.85. The summed E-state index contributed by atoms with van der Waals surface area (Å²) >= 11 is 11.7. The fraction of sp³-hybridized carbons (Fsp3) is 0.111. The van der Waals surface area contributed by atoms with Gasteiger partial charge in [0.05, 0.1) is 0 Å². The van der Waals surface area contributed by atoms with E-state index in [1.165, 1.54) is 13.8 Å². The fourth-order valence-corrected chi connectivity index (χ4v) is 2.15. The first-order valence-corrected chi connectivity index (χ1v) is 8.66. The van der Waals surface area contributed by atoms with Crippen LogP contribution in [0.1, 0.15) is 13.8 Å². The van der Waals surface area contributed by atoms with Crippen LogP contribution in [0.4, 0.5) is 21.0 Å². The molecule has 0 radical (unpaired) electrons. The van der Waals surface area contributed by atoms with Crippen LogP contribution in [-0.4, -0.2) is 23.6 Å². The van der Waals surface area contributed by atoms with E-state index in [-0.39, 0.29) is 11.4 Å². The number of nitrogens with zero attached hydrogens (tertiary/aromatic N) is 2. The third-order valence-corrected chi connectivity index (χ3v) is 3.67. The number of amides is 2. The zero-order chi connectivity index (χ0) is 20.5. The van der Waals surface area contributed by atoms with Crippen molar-refractivity contribution in [3.63, 3.8) is 0 Å². The molecule has 2 amide bonds. The molecule has 0 aliphatic rings. The number of oxime groups is 2. The molecular weight excluding hydrogens is 407 g/mol. The maximum absolute atomic E-state index is 11.7. The maximum atomic E-state index is 11.7. The van der Waals surface area contributed by atoms with Crippen LogP contribution in [0.5, 0.6) is 0 Å². The van der Waals surface area contributed by atoms with Crippen LogP contribution in [0.2, 0.25) is 10.0 Å². The molecule has 0 saturated carbocycles. The van der Waals surface area contributed by atoms with Crippen LogP contribution in [0, 0.1) is 0 Å². The van der Waals surface area contributed by atoms with Gasteiger partial charge in [0.15, 0.2) is 0 Å². The standard InChI is InChI=1S/C18H16Cl2N4O4/c1-11(23-27-17(25)21-15-7-3-5-13(19)9-15)12(2)24-28-18(26)22-16-8-4-6-14(20)10-16/h3-10H,1-2H3,(H,21,25)(H,22,26). The number of nitrogens with one attached hydrogen (secondary N) is 2. The van der Waals surface area contributed by atoms with Crippen molar-refractivity contribution < 1.29 is 19.3 Å². The number of carbonyl (C=O) groups excluding carboxylic acids is 2. The fourth-order valence-electron chi connectivity index (χ4n) is 1.77. The Morgan fingerprint density at radius 3 is 1.54 bits per heavy atom. The van der Waals surface area contributed by atoms with Gasteiger partial charge in [-0.25, -0.2) is 9.59 Å². The predicted octanol–water partition coefficient (Wildman–Crippen LogP) is 5.54. The van der Waals surface area contributed by atoms with Gasteiger partial charge in [-0.2, -0.15) is 0 Å². The Kier molecular flexibility index (Phi) is 7.79. The molecule has 10 heteroatoms. The molecular formula is C18H16Cl2N4O4. The molecule has 0 fully saturated rings. The van der Waals surface area contributed by atoms with E-state index in [0.29, 0.717) is 21.4 Å². The summed E-state index contributed by atoms with van der Waals surface area (Å²) in [6.45, 7) is 3.06. The van der Waals surface area contributed by atoms with E-state index in [0.717, 1.165) is 0 Å². The van der Waals surface area contributed by atoms with Gasteiger partial charge >= 0.3 is 12.2 Å². The zero-order valence-electron chi connectivity index (χ0n) is 14.9. The molecule has 0 spiro atoms. The van der Waals surface area contributed by atoms with Gasteiger partial charge in [-0.05, 0) is 50.2 Å². The molecule has 8 nitrogen and oxygen atoms in total. The summed E-state index contributed by atoms with van der Waals surface area (Å²) in [5, 5.41) is 13.1. The molecule has 28 heavy (non-hydrogen) atoms. The van der Waals surface area contributed by atoms with E-state index < -0.39 is 12.2 Å². The van der Waals surface area contributed by atoms with Crippen molar-refractivity contribution in [2.75, 3.05) is 10.6 Å². The zero-order valence-corrected chi connectivity index (χ0v) is 16.4. The van der Waals surface area contributed by atoms with Crippen molar-refractivity contribution in [3.05, 3.63) is 58.6 Å². The molecule has 0 aliphatic carbocycles. The molecule has 2 aromatic carbocycles. The summed E-state index contributed by atoms with van der Waals surface area (Å²) in [5.41, 5.74) is 1.38. The van der Waals surface area contributed by atoms with Gasteiger partial charge in [0, 0.05) is 21.4 Å². The Labute approximate surface area is 171 Å². The van der Waals surface area contributed by atoms with Crippen LogP contribution in [0.25, 0.3) is 0 Å². The minimum absolute atomic E-state index is 0.233. The van der Waals surface area contributed by atoms with E-state index in [1.807, 2.05) is 0 Å². The first-order chi connectivity index (χ1) is 13.3. The van der Waals surface area contributed by atoms with Gasteiger partial charge in [-0.1, -0.05) is 45.6 Å². The predicted molar refractivity (Wildman–Crippen MR) is 109 cm³/mol. The van der Waals surface area contributed by atoms with E-state index >= 15 is 0 Å². The molecule has 146 valence electrons. The third-order valence-electron chi connectivity index (χ3n) is 3.20. The monoisotopic (exact) mass is 422 g/mol. The van der Waals surface area contributed by atoms with Crippen LogP contribution >= 0.6 is 23.2 Å². The number of carbonyl (C=O) groups is 2. The van der Waals surface area contributed by atoms with Crippen LogP contribution in [-0.2, 0) is 9.68 Å². The van der Waals surface area contributed by atoms with E-state index in [4.69, 9.17) is 32.9 Å². The normalized spacial score (nSPS) is 11.6. The quantitative estimate of drug-likeness (QED) is 0.374. The molecule has 2 aromatic rings. The van der Waals surface area contributed by atoms with Crippen LogP contribution in [0.15, 0.2) is 58.8 Å². The third kappa shape index (κ3) is 7.26. The average Bonchev–Trinajstić information content (AvgIpc) is 2.64. The Hall–Kier alpha value is -3.10. The summed E-state index contributed by atoms with van der Waals surface area (Å²) in [6, 6.07) is 13.1. The molecule has 0 heterocycles. The molecule has 0 bridgehead atoms. The molecule has 0 saturated heterocycles. The Morgan fingerprint density at radius 1 is 0.786 bits per heavy atom. The average molecular weight is 423 g/mol. The largest absolute Gasteiger partial charge is 0.437 e. The van der Waals surface area contributed by atoms with Crippen molar-refractivity contribution in [3.8, 4) is 0 Å². The number of hydrogen-bond acceptors (Lipinski definition) is 6. The van der Waals surface area contributed by atoms with E-state index in [9.17, 15) is 9.59 Å². The lowest BCUT2D eigenvalue weighted by molar-refractivity contribution is 0.164. The van der Waals surface area contributed by atoms with Gasteiger partial charge in [0.2, 0.25) is 0 Å². The van der Waals surface area contributed by atoms with Crippen LogP contribution in [0.3, 0.4) is 0 Å². The summed E-state index contributed by atoms with van der Waals surface area (Å²) in [7, 11) is 0. The summed E-state index contributed by atoms with van der Waals surface area (Å²) in [5.74, 6) is 0. The number of hydrogen-bond donors (Lipinski definition) is 2. The van der Waals surface area contributed by atoms with Crippen molar-refractivity contribution in [1.29, 1.82) is 0 Å². The van der Waals surface area contributed by atoms with Gasteiger partial charge in [0.1, 0.15) is 11.4 Å². The highest BCUT2D eigenvalue weighted by Gasteiger charge is 2.07. The van der Waals surface area contributed by atoms with E-state index in [2.05, 4.69) is 20.9 Å². The highest BCUT2D eigenvalue weighted by Crippen LogP contribution is 2.16. The minimum atomic E-state index is -0.811. The first-order valence-electron chi connectivity index (χ1n) is 7.90. The summed E-state index contributed by atoms with van der Waals surface area (Å²) < 4.78 is 0. The van der Waals surface area contributed by atoms with Crippen LogP contribution < -0.4 is 10.6 Å². The van der Waals surface area contributed by atoms with Crippen molar-refractivity contribution in [2.45, 2.75) is 13.8 Å². The van der Waals surface area contributed by atoms with Gasteiger partial charge in [0.25, 0.3) is 0 Å². The second-order valence-electron chi connectivity index (χ2n) is 5.38. The maximum Gasteiger partial charge on any atom is 0.437 e. The van der Waals surface area contributed by atoms with Crippen molar-refractivity contribution in [1.82, 2.24) is 0 Å². The molecule has 0 aromatic heterocycles. The molecule has 2 N–H and O–H groups in total.